The highest BCUT2D eigenvalue weighted by molar-refractivity contribution is 5.31. The zero-order valence-electron chi connectivity index (χ0n) is 11.4. The van der Waals surface area contributed by atoms with Crippen molar-refractivity contribution in [3.8, 4) is 0 Å². The highest BCUT2D eigenvalue weighted by Crippen LogP contribution is 2.64. The summed E-state index contributed by atoms with van der Waals surface area (Å²) in [6, 6.07) is 0. The van der Waals surface area contributed by atoms with Crippen LogP contribution in [0.25, 0.3) is 0 Å². The van der Waals surface area contributed by atoms with E-state index >= 15 is 0 Å². The van der Waals surface area contributed by atoms with E-state index in [0.717, 1.165) is 32.5 Å². The third kappa shape index (κ3) is 2.42. The molecule has 1 N–H and O–H groups in total. The van der Waals surface area contributed by atoms with E-state index in [0.29, 0.717) is 12.3 Å². The minimum Gasteiger partial charge on any atom is -0.396 e. The van der Waals surface area contributed by atoms with Crippen LogP contribution in [-0.4, -0.2) is 42.4 Å². The summed E-state index contributed by atoms with van der Waals surface area (Å²) in [6.45, 7) is 3.12. The van der Waals surface area contributed by atoms with E-state index in [1.54, 1.807) is 6.08 Å². The standard InChI is InChI=1S/C15H20F3NO/c16-15(17,18)12-4-2-11(3-5-12)14-8-13(14)9-19(10-14)6-1-7-20/h2,4-5,11,13,20H,1,3,6-10H2/t11?,13-,14+/m0/s1. The van der Waals surface area contributed by atoms with E-state index in [-0.39, 0.29) is 17.9 Å². The quantitative estimate of drug-likeness (QED) is 0.859. The van der Waals surface area contributed by atoms with Crippen LogP contribution < -0.4 is 0 Å². The van der Waals surface area contributed by atoms with Crippen molar-refractivity contribution in [1.82, 2.24) is 4.90 Å². The lowest BCUT2D eigenvalue weighted by Crippen LogP contribution is -2.29. The molecule has 2 aliphatic carbocycles. The first-order valence-corrected chi connectivity index (χ1v) is 7.24. The van der Waals surface area contributed by atoms with Gasteiger partial charge in [0.2, 0.25) is 0 Å². The Morgan fingerprint density at radius 1 is 1.40 bits per heavy atom. The molecule has 2 nitrogen and oxygen atoms in total. The first-order chi connectivity index (χ1) is 9.45. The number of alkyl halides is 3. The molecule has 112 valence electrons. The SMILES string of the molecule is OCCCN1C[C@@H]2C[C@]2(C2C=CC(C(F)(F)F)=CC2)C1. The van der Waals surface area contributed by atoms with Gasteiger partial charge in [-0.25, -0.2) is 0 Å². The lowest BCUT2D eigenvalue weighted by Gasteiger charge is -2.27. The van der Waals surface area contributed by atoms with Gasteiger partial charge in [-0.1, -0.05) is 18.2 Å². The number of rotatable bonds is 4. The molecule has 0 aromatic heterocycles. The molecule has 1 heterocycles. The largest absolute Gasteiger partial charge is 0.416 e. The normalized spacial score (nSPS) is 36.9. The Morgan fingerprint density at radius 2 is 2.20 bits per heavy atom. The average molecular weight is 287 g/mol. The van der Waals surface area contributed by atoms with E-state index in [4.69, 9.17) is 5.11 Å². The second kappa shape index (κ2) is 4.88. The molecular formula is C15H20F3NO. The van der Waals surface area contributed by atoms with Crippen LogP contribution in [0.3, 0.4) is 0 Å². The summed E-state index contributed by atoms with van der Waals surface area (Å²) in [5.74, 6) is 0.884. The van der Waals surface area contributed by atoms with Crippen LogP contribution in [0, 0.1) is 17.3 Å². The van der Waals surface area contributed by atoms with Gasteiger partial charge in [-0.2, -0.15) is 13.2 Å². The maximum atomic E-state index is 12.6. The second-order valence-corrected chi connectivity index (χ2v) is 6.31. The Labute approximate surface area is 117 Å². The number of hydrogen-bond donors (Lipinski definition) is 1. The molecule has 1 saturated carbocycles. The molecule has 1 unspecified atom stereocenters. The first kappa shape index (κ1) is 14.1. The molecule has 0 radical (unpaired) electrons. The average Bonchev–Trinajstić information content (AvgIpc) is 2.99. The minimum atomic E-state index is -4.22. The van der Waals surface area contributed by atoms with Gasteiger partial charge in [-0.05, 0) is 36.5 Å². The summed E-state index contributed by atoms with van der Waals surface area (Å²) >= 11 is 0. The molecule has 20 heavy (non-hydrogen) atoms. The Morgan fingerprint density at radius 3 is 2.80 bits per heavy atom. The smallest absolute Gasteiger partial charge is 0.396 e. The fourth-order valence-corrected chi connectivity index (χ4v) is 3.93. The first-order valence-electron chi connectivity index (χ1n) is 7.24. The lowest BCUT2D eigenvalue weighted by molar-refractivity contribution is -0.0888. The molecule has 2 fully saturated rings. The van der Waals surface area contributed by atoms with E-state index in [1.165, 1.54) is 12.2 Å². The molecule has 1 aliphatic heterocycles. The number of aliphatic hydroxyl groups excluding tert-OH is 1. The number of aliphatic hydroxyl groups is 1. The van der Waals surface area contributed by atoms with Gasteiger partial charge in [0.1, 0.15) is 0 Å². The molecule has 0 aromatic carbocycles. The number of allylic oxidation sites excluding steroid dienone is 4. The van der Waals surface area contributed by atoms with Gasteiger partial charge in [0.05, 0.1) is 5.57 Å². The van der Waals surface area contributed by atoms with Crippen LogP contribution in [-0.2, 0) is 0 Å². The molecule has 0 bridgehead atoms. The van der Waals surface area contributed by atoms with Crippen LogP contribution >= 0.6 is 0 Å². The van der Waals surface area contributed by atoms with Gasteiger partial charge < -0.3 is 10.0 Å². The zero-order chi connectivity index (χ0) is 14.4. The number of halogens is 3. The highest BCUT2D eigenvalue weighted by Gasteiger charge is 2.62. The Bertz CT molecular complexity index is 443. The third-order valence-corrected chi connectivity index (χ3v) is 5.07. The van der Waals surface area contributed by atoms with E-state index in [9.17, 15) is 13.2 Å². The molecular weight excluding hydrogens is 267 g/mol. The van der Waals surface area contributed by atoms with Crippen molar-refractivity contribution >= 4 is 0 Å². The predicted molar refractivity (Wildman–Crippen MR) is 70.1 cm³/mol. The van der Waals surface area contributed by atoms with Crippen molar-refractivity contribution in [3.63, 3.8) is 0 Å². The monoisotopic (exact) mass is 287 g/mol. The minimum absolute atomic E-state index is 0.204. The second-order valence-electron chi connectivity index (χ2n) is 6.31. The van der Waals surface area contributed by atoms with Gasteiger partial charge >= 0.3 is 6.18 Å². The molecule has 3 rings (SSSR count). The topological polar surface area (TPSA) is 23.5 Å². The summed E-state index contributed by atoms with van der Waals surface area (Å²) in [4.78, 5) is 2.35. The summed E-state index contributed by atoms with van der Waals surface area (Å²) in [5.41, 5.74) is -0.294. The summed E-state index contributed by atoms with van der Waals surface area (Å²) in [6.07, 6.45) is 2.60. The van der Waals surface area contributed by atoms with Crippen LogP contribution in [0.2, 0.25) is 0 Å². The van der Waals surface area contributed by atoms with Crippen LogP contribution in [0.4, 0.5) is 13.2 Å². The number of likely N-dealkylation sites (tertiary alicyclic amines) is 1. The lowest BCUT2D eigenvalue weighted by atomic mass is 9.82. The van der Waals surface area contributed by atoms with Crippen molar-refractivity contribution in [3.05, 3.63) is 23.8 Å². The molecule has 3 atom stereocenters. The fourth-order valence-electron chi connectivity index (χ4n) is 3.93. The van der Waals surface area contributed by atoms with Gasteiger partial charge in [0, 0.05) is 26.2 Å². The van der Waals surface area contributed by atoms with Crippen molar-refractivity contribution in [2.45, 2.75) is 25.4 Å². The van der Waals surface area contributed by atoms with E-state index in [2.05, 4.69) is 4.90 Å². The Balaban J connectivity index is 1.60. The fraction of sp³-hybridized carbons (Fsp3) is 0.733. The molecule has 0 aromatic rings. The van der Waals surface area contributed by atoms with Gasteiger partial charge in [-0.15, -0.1) is 0 Å². The molecule has 0 amide bonds. The highest BCUT2D eigenvalue weighted by atomic mass is 19.4. The summed E-state index contributed by atoms with van der Waals surface area (Å²) in [5, 5.41) is 8.87. The number of piperidine rings is 1. The summed E-state index contributed by atoms with van der Waals surface area (Å²) in [7, 11) is 0. The van der Waals surface area contributed by atoms with Crippen LogP contribution in [0.15, 0.2) is 23.8 Å². The maximum Gasteiger partial charge on any atom is 0.416 e. The molecule has 5 heteroatoms. The Hall–Kier alpha value is -0.810. The maximum absolute atomic E-state index is 12.6. The van der Waals surface area contributed by atoms with Crippen molar-refractivity contribution < 1.29 is 18.3 Å². The number of nitrogens with zero attached hydrogens (tertiary/aromatic N) is 1. The van der Waals surface area contributed by atoms with Gasteiger partial charge in [-0.3, -0.25) is 0 Å². The molecule has 0 spiro atoms. The van der Waals surface area contributed by atoms with Crippen molar-refractivity contribution in [1.29, 1.82) is 0 Å². The van der Waals surface area contributed by atoms with E-state index in [1.807, 2.05) is 0 Å². The van der Waals surface area contributed by atoms with E-state index < -0.39 is 11.7 Å². The van der Waals surface area contributed by atoms with Crippen molar-refractivity contribution in [2.24, 2.45) is 17.3 Å². The van der Waals surface area contributed by atoms with Gasteiger partial charge in [0.25, 0.3) is 0 Å². The summed E-state index contributed by atoms with van der Waals surface area (Å²) < 4.78 is 37.8. The van der Waals surface area contributed by atoms with Gasteiger partial charge in [0.15, 0.2) is 0 Å². The van der Waals surface area contributed by atoms with Crippen molar-refractivity contribution in [2.75, 3.05) is 26.2 Å². The number of fused-ring (bicyclic) bond motifs is 1. The van der Waals surface area contributed by atoms with Crippen LogP contribution in [0.5, 0.6) is 0 Å². The zero-order valence-corrected chi connectivity index (χ0v) is 11.4. The predicted octanol–water partition coefficient (Wildman–Crippen LogP) is 2.76. The molecule has 3 aliphatic rings. The number of hydrogen-bond acceptors (Lipinski definition) is 2. The third-order valence-electron chi connectivity index (χ3n) is 5.07. The molecule has 1 saturated heterocycles. The Kier molecular flexibility index (Phi) is 3.45. The van der Waals surface area contributed by atoms with Crippen LogP contribution in [0.1, 0.15) is 19.3 Å².